The minimum atomic E-state index is -0.814. The van der Waals surface area contributed by atoms with Crippen LogP contribution in [0, 0.1) is 0 Å². The van der Waals surface area contributed by atoms with Gasteiger partial charge in [0.2, 0.25) is 5.91 Å². The van der Waals surface area contributed by atoms with Gasteiger partial charge in [-0.05, 0) is 38.6 Å². The van der Waals surface area contributed by atoms with Gasteiger partial charge in [-0.1, -0.05) is 25.7 Å². The van der Waals surface area contributed by atoms with E-state index in [2.05, 4.69) is 10.6 Å². The van der Waals surface area contributed by atoms with Crippen LogP contribution in [0.4, 0.5) is 0 Å². The number of nitrogens with one attached hydrogen (secondary N) is 2. The minimum Gasteiger partial charge on any atom is -0.481 e. The molecule has 1 aliphatic carbocycles. The Kier molecular flexibility index (Phi) is 6.03. The predicted molar refractivity (Wildman–Crippen MR) is 81.1 cm³/mol. The van der Waals surface area contributed by atoms with Crippen LogP contribution < -0.4 is 10.6 Å². The average Bonchev–Trinajstić information content (AvgIpc) is 2.46. The molecule has 1 atom stereocenters. The number of amides is 1. The quantitative estimate of drug-likeness (QED) is 0.702. The molecule has 21 heavy (non-hydrogen) atoms. The first-order valence-electron chi connectivity index (χ1n) is 8.36. The standard InChI is InChI=1S/C16H28N2O3/c19-14(8-7-13-6-2-5-11-17-13)18-16(12-15(20)21)9-3-1-4-10-16/h13,17H,1-12H2,(H,18,19)(H,20,21). The van der Waals surface area contributed by atoms with Crippen molar-refractivity contribution in [1.82, 2.24) is 10.6 Å². The number of carboxylic acids is 1. The Hall–Kier alpha value is -1.10. The Balaban J connectivity index is 1.81. The summed E-state index contributed by atoms with van der Waals surface area (Å²) in [7, 11) is 0. The second-order valence-corrected chi connectivity index (χ2v) is 6.65. The van der Waals surface area contributed by atoms with Gasteiger partial charge in [-0.15, -0.1) is 0 Å². The van der Waals surface area contributed by atoms with E-state index < -0.39 is 11.5 Å². The Morgan fingerprint density at radius 3 is 2.52 bits per heavy atom. The number of rotatable bonds is 6. The van der Waals surface area contributed by atoms with Crippen molar-refractivity contribution in [3.63, 3.8) is 0 Å². The lowest BCUT2D eigenvalue weighted by Gasteiger charge is -2.37. The molecule has 1 saturated carbocycles. The van der Waals surface area contributed by atoms with Crippen LogP contribution in [0.2, 0.25) is 0 Å². The summed E-state index contributed by atoms with van der Waals surface area (Å²) in [6.45, 7) is 1.05. The highest BCUT2D eigenvalue weighted by Gasteiger charge is 2.35. The lowest BCUT2D eigenvalue weighted by Crippen LogP contribution is -2.51. The summed E-state index contributed by atoms with van der Waals surface area (Å²) in [6, 6.07) is 0.450. The number of carboxylic acid groups (broad SMARTS) is 1. The molecule has 0 bridgehead atoms. The van der Waals surface area contributed by atoms with Gasteiger partial charge in [-0.25, -0.2) is 0 Å². The van der Waals surface area contributed by atoms with Crippen LogP contribution in [0.5, 0.6) is 0 Å². The van der Waals surface area contributed by atoms with Crippen molar-refractivity contribution in [2.45, 2.75) is 82.2 Å². The number of carbonyl (C=O) groups is 2. The lowest BCUT2D eigenvalue weighted by molar-refractivity contribution is -0.139. The van der Waals surface area contributed by atoms with E-state index in [1.54, 1.807) is 0 Å². The van der Waals surface area contributed by atoms with Crippen molar-refractivity contribution in [2.75, 3.05) is 6.54 Å². The molecule has 1 amide bonds. The Labute approximate surface area is 126 Å². The zero-order valence-electron chi connectivity index (χ0n) is 12.8. The molecule has 0 aromatic heterocycles. The summed E-state index contributed by atoms with van der Waals surface area (Å²) in [5, 5.41) is 15.6. The molecule has 2 aliphatic rings. The fourth-order valence-corrected chi connectivity index (χ4v) is 3.70. The molecule has 5 nitrogen and oxygen atoms in total. The monoisotopic (exact) mass is 296 g/mol. The zero-order valence-corrected chi connectivity index (χ0v) is 12.8. The molecule has 0 spiro atoms. The third kappa shape index (κ3) is 5.30. The molecule has 1 aliphatic heterocycles. The summed E-state index contributed by atoms with van der Waals surface area (Å²) in [6.07, 6.45) is 9.78. The van der Waals surface area contributed by atoms with E-state index in [4.69, 9.17) is 5.11 Å². The van der Waals surface area contributed by atoms with Crippen LogP contribution in [-0.4, -0.2) is 35.1 Å². The van der Waals surface area contributed by atoms with E-state index in [0.29, 0.717) is 12.5 Å². The Bertz CT molecular complexity index is 359. The van der Waals surface area contributed by atoms with Crippen LogP contribution in [0.15, 0.2) is 0 Å². The molecule has 0 aromatic carbocycles. The van der Waals surface area contributed by atoms with Crippen molar-refractivity contribution in [1.29, 1.82) is 0 Å². The maximum Gasteiger partial charge on any atom is 0.305 e. The molecule has 1 heterocycles. The maximum atomic E-state index is 12.2. The minimum absolute atomic E-state index is 0.0190. The SMILES string of the molecule is O=C(O)CC1(NC(=O)CCC2CCCCN2)CCCCC1. The third-order valence-electron chi connectivity index (χ3n) is 4.84. The van der Waals surface area contributed by atoms with Gasteiger partial charge >= 0.3 is 5.97 Å². The van der Waals surface area contributed by atoms with Crippen molar-refractivity contribution in [3.8, 4) is 0 Å². The highest BCUT2D eigenvalue weighted by molar-refractivity contribution is 5.78. The van der Waals surface area contributed by atoms with Gasteiger partial charge in [0.15, 0.2) is 0 Å². The van der Waals surface area contributed by atoms with Crippen LogP contribution in [0.25, 0.3) is 0 Å². The van der Waals surface area contributed by atoms with Crippen molar-refractivity contribution in [2.24, 2.45) is 0 Å². The second-order valence-electron chi connectivity index (χ2n) is 6.65. The average molecular weight is 296 g/mol. The highest BCUT2D eigenvalue weighted by atomic mass is 16.4. The summed E-state index contributed by atoms with van der Waals surface area (Å²) < 4.78 is 0. The van der Waals surface area contributed by atoms with Crippen LogP contribution in [0.3, 0.4) is 0 Å². The fraction of sp³-hybridized carbons (Fsp3) is 0.875. The fourth-order valence-electron chi connectivity index (χ4n) is 3.70. The number of hydrogen-bond acceptors (Lipinski definition) is 3. The largest absolute Gasteiger partial charge is 0.481 e. The highest BCUT2D eigenvalue weighted by Crippen LogP contribution is 2.31. The van der Waals surface area contributed by atoms with Gasteiger partial charge < -0.3 is 15.7 Å². The van der Waals surface area contributed by atoms with E-state index in [9.17, 15) is 9.59 Å². The van der Waals surface area contributed by atoms with E-state index in [1.807, 2.05) is 0 Å². The first kappa shape index (κ1) is 16.3. The van der Waals surface area contributed by atoms with Gasteiger partial charge in [0.1, 0.15) is 0 Å². The normalized spacial score (nSPS) is 25.2. The number of carbonyl (C=O) groups excluding carboxylic acids is 1. The zero-order chi connectivity index (χ0) is 15.1. The summed E-state index contributed by atoms with van der Waals surface area (Å²) in [5.41, 5.74) is -0.499. The predicted octanol–water partition coefficient (Wildman–Crippen LogP) is 2.20. The first-order chi connectivity index (χ1) is 10.1. The van der Waals surface area contributed by atoms with Gasteiger partial charge in [-0.3, -0.25) is 9.59 Å². The van der Waals surface area contributed by atoms with E-state index in [1.165, 1.54) is 12.8 Å². The molecule has 0 aromatic rings. The molecular weight excluding hydrogens is 268 g/mol. The van der Waals surface area contributed by atoms with Crippen LogP contribution >= 0.6 is 0 Å². The molecule has 1 saturated heterocycles. The summed E-state index contributed by atoms with van der Waals surface area (Å²) in [5.74, 6) is -0.795. The Morgan fingerprint density at radius 1 is 1.14 bits per heavy atom. The topological polar surface area (TPSA) is 78.4 Å². The number of hydrogen-bond donors (Lipinski definition) is 3. The maximum absolute atomic E-state index is 12.2. The van der Waals surface area contributed by atoms with Crippen LogP contribution in [0.1, 0.15) is 70.6 Å². The summed E-state index contributed by atoms with van der Waals surface area (Å²) >= 11 is 0. The van der Waals surface area contributed by atoms with Crippen molar-refractivity contribution < 1.29 is 14.7 Å². The summed E-state index contributed by atoms with van der Waals surface area (Å²) in [4.78, 5) is 23.3. The van der Waals surface area contributed by atoms with E-state index in [-0.39, 0.29) is 12.3 Å². The third-order valence-corrected chi connectivity index (χ3v) is 4.84. The number of aliphatic carboxylic acids is 1. The molecule has 5 heteroatoms. The van der Waals surface area contributed by atoms with Crippen molar-refractivity contribution in [3.05, 3.63) is 0 Å². The lowest BCUT2D eigenvalue weighted by atomic mass is 9.79. The molecule has 0 radical (unpaired) electrons. The van der Waals surface area contributed by atoms with Gasteiger partial charge in [-0.2, -0.15) is 0 Å². The molecule has 2 rings (SSSR count). The molecule has 3 N–H and O–H groups in total. The van der Waals surface area contributed by atoms with Crippen LogP contribution in [-0.2, 0) is 9.59 Å². The second kappa shape index (κ2) is 7.78. The van der Waals surface area contributed by atoms with Gasteiger partial charge in [0.05, 0.1) is 12.0 Å². The Morgan fingerprint density at radius 2 is 1.90 bits per heavy atom. The van der Waals surface area contributed by atoms with Gasteiger partial charge in [0.25, 0.3) is 0 Å². The molecular formula is C16H28N2O3. The van der Waals surface area contributed by atoms with Gasteiger partial charge in [0, 0.05) is 12.5 Å². The molecule has 2 fully saturated rings. The van der Waals surface area contributed by atoms with E-state index >= 15 is 0 Å². The van der Waals surface area contributed by atoms with Crippen molar-refractivity contribution >= 4 is 11.9 Å². The number of piperidine rings is 1. The first-order valence-corrected chi connectivity index (χ1v) is 8.36. The smallest absolute Gasteiger partial charge is 0.305 e. The molecule has 1 unspecified atom stereocenters. The van der Waals surface area contributed by atoms with E-state index in [0.717, 1.165) is 51.5 Å². The molecule has 120 valence electrons.